The molecule has 6 N–H and O–H groups in total. The summed E-state index contributed by atoms with van der Waals surface area (Å²) < 4.78 is 0. The Kier molecular flexibility index (Phi) is 1350. The number of benzene rings is 1. The van der Waals surface area contributed by atoms with Crippen LogP contribution in [0.4, 0.5) is 0 Å². The van der Waals surface area contributed by atoms with Gasteiger partial charge in [-0.05, 0) is 6.92 Å². The molecule has 12 heteroatoms. The SMILES string of the molecule is C.C.C.C.C.C.C.C.C.C.C.C.Cc1ccccc1.N=C=O.N=C=O.N=C=O.N=C=O.N=C=O.N=C=O. The van der Waals surface area contributed by atoms with Crippen LogP contribution in [0.3, 0.4) is 0 Å². The normalized spacial score (nSPS) is 2.95. The van der Waals surface area contributed by atoms with Gasteiger partial charge in [-0.1, -0.05) is 125 Å². The molecule has 0 bridgehead atoms. The van der Waals surface area contributed by atoms with E-state index in [-0.39, 0.29) is 89.1 Å². The lowest BCUT2D eigenvalue weighted by atomic mass is 10.2. The zero-order chi connectivity index (χ0) is 21.4. The first-order chi connectivity index (χ1) is 11.9. The maximum atomic E-state index is 8.35. The Bertz CT molecular complexity index is 496. The molecule has 0 aliphatic rings. The third-order valence-corrected chi connectivity index (χ3v) is 0.940. The third-order valence-electron chi connectivity index (χ3n) is 0.940. The maximum Gasteiger partial charge on any atom is 0.231 e. The molecule has 0 aliphatic heterocycles. The van der Waals surface area contributed by atoms with E-state index < -0.39 is 0 Å². The molecule has 0 atom stereocenters. The van der Waals surface area contributed by atoms with Crippen molar-refractivity contribution in [2.24, 2.45) is 0 Å². The van der Waals surface area contributed by atoms with E-state index in [1.807, 2.05) is 18.2 Å². The highest BCUT2D eigenvalue weighted by atomic mass is 16.1. The lowest BCUT2D eigenvalue weighted by Gasteiger charge is -1.82. The summed E-state index contributed by atoms with van der Waals surface area (Å²) in [6, 6.07) is 10.3. The Labute approximate surface area is 230 Å². The lowest BCUT2D eigenvalue weighted by Crippen LogP contribution is -1.62. The van der Waals surface area contributed by atoms with Gasteiger partial charge in [-0.25, -0.2) is 61.2 Å². The van der Waals surface area contributed by atoms with Crippen LogP contribution in [0.25, 0.3) is 0 Å². The van der Waals surface area contributed by atoms with Gasteiger partial charge in [0.25, 0.3) is 0 Å². The number of aryl methyl sites for hydroxylation is 1. The van der Waals surface area contributed by atoms with Crippen LogP contribution in [0.1, 0.15) is 94.7 Å². The molecule has 0 aliphatic carbocycles. The molecule has 0 saturated heterocycles. The van der Waals surface area contributed by atoms with Crippen molar-refractivity contribution in [3.05, 3.63) is 35.9 Å². The summed E-state index contributed by atoms with van der Waals surface area (Å²) in [5.41, 5.74) is 1.32. The number of hydrogen-bond acceptors (Lipinski definition) is 12. The van der Waals surface area contributed by atoms with E-state index in [2.05, 4.69) is 19.1 Å². The van der Waals surface area contributed by atoms with E-state index in [4.69, 9.17) is 61.2 Å². The predicted molar refractivity (Wildman–Crippen MR) is 162 cm³/mol. The summed E-state index contributed by atoms with van der Waals surface area (Å²) in [5, 5.41) is 32.4. The van der Waals surface area contributed by atoms with Crippen molar-refractivity contribution in [3.8, 4) is 0 Å². The molecule has 0 fully saturated rings. The van der Waals surface area contributed by atoms with E-state index in [9.17, 15) is 0 Å². The molecule has 1 rings (SSSR count). The van der Waals surface area contributed by atoms with Crippen LogP contribution in [0.15, 0.2) is 30.3 Å². The number of isocyanates is 6. The first-order valence-electron chi connectivity index (χ1n) is 5.14. The van der Waals surface area contributed by atoms with Gasteiger partial charge in [-0.2, -0.15) is 0 Å². The van der Waals surface area contributed by atoms with Gasteiger partial charge >= 0.3 is 0 Å². The quantitative estimate of drug-likeness (QED) is 0.137. The summed E-state index contributed by atoms with van der Waals surface area (Å²) in [6.45, 7) is 2.08. The van der Waals surface area contributed by atoms with Crippen LogP contribution in [-0.4, -0.2) is 36.5 Å². The fourth-order valence-electron chi connectivity index (χ4n) is 0.534. The summed E-state index contributed by atoms with van der Waals surface area (Å²) in [7, 11) is 0. The molecule has 1 aromatic carbocycles. The highest BCUT2D eigenvalue weighted by Crippen LogP contribution is 1.92. The van der Waals surface area contributed by atoms with Crippen LogP contribution in [0.5, 0.6) is 0 Å². The molecule has 0 aromatic heterocycles. The van der Waals surface area contributed by atoms with Gasteiger partial charge in [0.2, 0.25) is 36.5 Å². The van der Waals surface area contributed by atoms with Gasteiger partial charge in [0.05, 0.1) is 0 Å². The Morgan fingerprint density at radius 1 is 0.378 bits per heavy atom. The van der Waals surface area contributed by atoms with Crippen LogP contribution in [0.2, 0.25) is 0 Å². The van der Waals surface area contributed by atoms with Crippen molar-refractivity contribution < 1.29 is 28.8 Å². The summed E-state index contributed by atoms with van der Waals surface area (Å²) in [5.74, 6) is 0. The van der Waals surface area contributed by atoms with Crippen LogP contribution in [-0.2, 0) is 28.8 Å². The predicted octanol–water partition coefficient (Wildman–Crippen LogP) is 9.03. The summed E-state index contributed by atoms with van der Waals surface area (Å²) >= 11 is 0. The molecule has 228 valence electrons. The molecule has 0 spiro atoms. The van der Waals surface area contributed by atoms with Crippen molar-refractivity contribution in [1.82, 2.24) is 0 Å². The van der Waals surface area contributed by atoms with E-state index >= 15 is 0 Å². The lowest BCUT2D eigenvalue weighted by molar-refractivity contribution is 0.562. The van der Waals surface area contributed by atoms with E-state index in [0.29, 0.717) is 0 Å². The van der Waals surface area contributed by atoms with Crippen LogP contribution >= 0.6 is 0 Å². The molecule has 0 saturated carbocycles. The minimum Gasteiger partial charge on any atom is -0.222 e. The molecule has 0 heterocycles. The van der Waals surface area contributed by atoms with E-state index in [1.54, 1.807) is 0 Å². The second kappa shape index (κ2) is 325. The molecule has 0 radical (unpaired) electrons. The first kappa shape index (κ1) is 153. The van der Waals surface area contributed by atoms with Gasteiger partial charge in [0.15, 0.2) is 0 Å². The average Bonchev–Trinajstić information content (AvgIpc) is 2.53. The molecule has 0 amide bonds. The Balaban J connectivity index is -0.00000000696. The average molecular weight is 543 g/mol. The van der Waals surface area contributed by atoms with Crippen molar-refractivity contribution in [1.29, 1.82) is 32.5 Å². The van der Waals surface area contributed by atoms with Crippen molar-refractivity contribution in [2.45, 2.75) is 96.0 Å². The fraction of sp³-hybridized carbons (Fsp3) is 0.520. The molecule has 37 heavy (non-hydrogen) atoms. The third kappa shape index (κ3) is 2240. The topological polar surface area (TPSA) is 246 Å². The minimum absolute atomic E-state index is 0. The Morgan fingerprint density at radius 3 is 0.541 bits per heavy atom. The Hall–Kier alpha value is -4.50. The van der Waals surface area contributed by atoms with Crippen LogP contribution < -0.4 is 0 Å². The number of carbonyl (C=O) groups excluding carboxylic acids is 6. The van der Waals surface area contributed by atoms with Gasteiger partial charge in [-0.3, -0.25) is 0 Å². The smallest absolute Gasteiger partial charge is 0.222 e. The second-order valence-electron chi connectivity index (χ2n) is 2.27. The summed E-state index contributed by atoms with van der Waals surface area (Å²) in [4.78, 5) is 50.1. The molecule has 1 aromatic rings. The van der Waals surface area contributed by atoms with Gasteiger partial charge in [0.1, 0.15) is 0 Å². The monoisotopic (exact) mass is 542 g/mol. The van der Waals surface area contributed by atoms with Gasteiger partial charge in [-0.15, -0.1) is 0 Å². The second-order valence-corrected chi connectivity index (χ2v) is 2.27. The van der Waals surface area contributed by atoms with Gasteiger partial charge in [0, 0.05) is 0 Å². The number of rotatable bonds is 0. The fourth-order valence-corrected chi connectivity index (χ4v) is 0.534. The standard InChI is InChI=1S/C7H8.6CHNO.12CH4/c1-7-5-3-2-4-6-7;6*2-1-3;;;;;;;;;;;;/h2-6H,1H3;6*2H;12*1H4. The maximum absolute atomic E-state index is 8.35. The van der Waals surface area contributed by atoms with Crippen LogP contribution in [0, 0.1) is 39.4 Å². The van der Waals surface area contributed by atoms with E-state index in [1.165, 1.54) is 5.56 Å². The Morgan fingerprint density at radius 2 is 0.486 bits per heavy atom. The largest absolute Gasteiger partial charge is 0.231 e. The number of hydrogen-bond donors (Lipinski definition) is 6. The molecule has 12 nitrogen and oxygen atoms in total. The minimum atomic E-state index is 0. The molecular weight excluding hydrogens is 480 g/mol. The zero-order valence-corrected chi connectivity index (χ0v) is 12.8. The van der Waals surface area contributed by atoms with Crippen molar-refractivity contribution in [2.75, 3.05) is 0 Å². The van der Waals surface area contributed by atoms with E-state index in [0.717, 1.165) is 36.5 Å². The summed E-state index contributed by atoms with van der Waals surface area (Å²) in [6.07, 6.45) is 4.50. The molecular formula is C25H62N6O6. The highest BCUT2D eigenvalue weighted by molar-refractivity contribution is 5.27. The van der Waals surface area contributed by atoms with Crippen molar-refractivity contribution in [3.63, 3.8) is 0 Å². The van der Waals surface area contributed by atoms with Gasteiger partial charge < -0.3 is 0 Å². The highest BCUT2D eigenvalue weighted by Gasteiger charge is 1.72. The molecule has 0 unspecified atom stereocenters. The zero-order valence-electron chi connectivity index (χ0n) is 12.8. The van der Waals surface area contributed by atoms with Crippen molar-refractivity contribution >= 4 is 36.5 Å². The first-order valence-corrected chi connectivity index (χ1v) is 5.14. The number of nitrogens with one attached hydrogen (secondary N) is 6.